The van der Waals surface area contributed by atoms with E-state index in [0.29, 0.717) is 10.7 Å². The van der Waals surface area contributed by atoms with Crippen molar-refractivity contribution in [1.82, 2.24) is 0 Å². The first-order valence-corrected chi connectivity index (χ1v) is 13.3. The molecule has 1 saturated heterocycles. The van der Waals surface area contributed by atoms with E-state index in [1.54, 1.807) is 18.3 Å². The standard InChI is InChI=1S/C32H22ClN3O4/c1-18-23(33)13-8-14-24(18)34-17-32-21-11-4-2-9-19(21)27(20-10-3-5-12-22(20)32)28-29(32)31(38)35(30(28)37)25-15-6-7-16-26(25)36(39)40/h2-17,27-29H,1H3. The number of carbonyl (C=O) groups excluding carboxylic acids is 2. The molecule has 4 aliphatic rings. The Labute approximate surface area is 234 Å². The van der Waals surface area contributed by atoms with Gasteiger partial charge in [-0.25, -0.2) is 4.90 Å². The van der Waals surface area contributed by atoms with Crippen LogP contribution in [0.3, 0.4) is 0 Å². The van der Waals surface area contributed by atoms with Crippen molar-refractivity contribution < 1.29 is 14.5 Å². The summed E-state index contributed by atoms with van der Waals surface area (Å²) in [6, 6.07) is 27.1. The molecule has 40 heavy (non-hydrogen) atoms. The number of imide groups is 1. The summed E-state index contributed by atoms with van der Waals surface area (Å²) in [6.07, 6.45) is 1.80. The number of para-hydroxylation sites is 2. The minimum atomic E-state index is -1.08. The van der Waals surface area contributed by atoms with Crippen molar-refractivity contribution in [3.8, 4) is 0 Å². The largest absolute Gasteiger partial charge is 0.293 e. The van der Waals surface area contributed by atoms with Crippen LogP contribution < -0.4 is 4.90 Å². The minimum absolute atomic E-state index is 0.0119. The Morgan fingerprint density at radius 1 is 0.875 bits per heavy atom. The Morgan fingerprint density at radius 3 is 2.17 bits per heavy atom. The molecule has 0 spiro atoms. The zero-order valence-electron chi connectivity index (χ0n) is 21.3. The maximum absolute atomic E-state index is 14.5. The number of amides is 2. The highest BCUT2D eigenvalue weighted by Gasteiger charge is 2.68. The van der Waals surface area contributed by atoms with Gasteiger partial charge in [-0.1, -0.05) is 78.3 Å². The Morgan fingerprint density at radius 2 is 1.50 bits per heavy atom. The van der Waals surface area contributed by atoms with Crippen LogP contribution in [0, 0.1) is 28.9 Å². The summed E-state index contributed by atoms with van der Waals surface area (Å²) in [5.41, 5.74) is 3.83. The van der Waals surface area contributed by atoms with E-state index in [4.69, 9.17) is 16.6 Å². The highest BCUT2D eigenvalue weighted by molar-refractivity contribution is 6.31. The Bertz CT molecular complexity index is 1750. The van der Waals surface area contributed by atoms with Gasteiger partial charge < -0.3 is 0 Å². The van der Waals surface area contributed by atoms with Crippen LogP contribution in [0.25, 0.3) is 0 Å². The number of benzene rings is 4. The number of nitrogens with zero attached hydrogens (tertiary/aromatic N) is 3. The molecule has 0 radical (unpaired) electrons. The zero-order valence-corrected chi connectivity index (χ0v) is 22.1. The van der Waals surface area contributed by atoms with Crippen molar-refractivity contribution in [2.45, 2.75) is 18.3 Å². The van der Waals surface area contributed by atoms with Crippen LogP contribution in [0.1, 0.15) is 33.7 Å². The predicted molar refractivity (Wildman–Crippen MR) is 152 cm³/mol. The molecule has 2 unspecified atom stereocenters. The quantitative estimate of drug-likeness (QED) is 0.126. The first-order valence-electron chi connectivity index (χ1n) is 13.0. The van der Waals surface area contributed by atoms with Gasteiger partial charge in [0.05, 0.1) is 27.9 Å². The van der Waals surface area contributed by atoms with E-state index >= 15 is 0 Å². The van der Waals surface area contributed by atoms with Gasteiger partial charge in [0.1, 0.15) is 5.69 Å². The van der Waals surface area contributed by atoms with E-state index in [2.05, 4.69) is 0 Å². The molecular formula is C32H22ClN3O4. The van der Waals surface area contributed by atoms with Crippen molar-refractivity contribution in [2.24, 2.45) is 16.8 Å². The predicted octanol–water partition coefficient (Wildman–Crippen LogP) is 6.51. The number of rotatable bonds is 4. The molecule has 0 saturated carbocycles. The number of nitro benzene ring substituents is 1. The Hall–Kier alpha value is -4.62. The van der Waals surface area contributed by atoms with E-state index in [-0.39, 0.29) is 17.3 Å². The molecule has 2 amide bonds. The molecule has 196 valence electrons. The van der Waals surface area contributed by atoms with E-state index in [1.807, 2.05) is 67.6 Å². The molecule has 1 heterocycles. The van der Waals surface area contributed by atoms with Gasteiger partial charge in [-0.05, 0) is 52.9 Å². The lowest BCUT2D eigenvalue weighted by Gasteiger charge is -2.52. The van der Waals surface area contributed by atoms with E-state index < -0.39 is 34.0 Å². The average molecular weight is 548 g/mol. The number of halogens is 1. The van der Waals surface area contributed by atoms with Crippen LogP contribution >= 0.6 is 11.6 Å². The van der Waals surface area contributed by atoms with Crippen LogP contribution in [-0.2, 0) is 15.0 Å². The van der Waals surface area contributed by atoms with Crippen LogP contribution in [0.2, 0.25) is 5.02 Å². The van der Waals surface area contributed by atoms with E-state index in [1.165, 1.54) is 18.2 Å². The lowest BCUT2D eigenvalue weighted by molar-refractivity contribution is -0.384. The third-order valence-electron chi connectivity index (χ3n) is 8.65. The van der Waals surface area contributed by atoms with Gasteiger partial charge >= 0.3 is 0 Å². The van der Waals surface area contributed by atoms with Gasteiger partial charge in [0.15, 0.2) is 0 Å². The van der Waals surface area contributed by atoms with Crippen molar-refractivity contribution in [2.75, 3.05) is 4.90 Å². The van der Waals surface area contributed by atoms with Gasteiger partial charge in [-0.3, -0.25) is 24.7 Å². The number of anilines is 1. The molecule has 1 fully saturated rings. The number of hydrogen-bond acceptors (Lipinski definition) is 5. The third kappa shape index (κ3) is 3.09. The molecular weight excluding hydrogens is 526 g/mol. The molecule has 3 aliphatic carbocycles. The molecule has 1 aliphatic heterocycles. The summed E-state index contributed by atoms with van der Waals surface area (Å²) in [5.74, 6) is -2.85. The van der Waals surface area contributed by atoms with Crippen molar-refractivity contribution >= 4 is 46.7 Å². The molecule has 2 bridgehead atoms. The number of hydrogen-bond donors (Lipinski definition) is 0. The molecule has 8 rings (SSSR count). The highest BCUT2D eigenvalue weighted by Crippen LogP contribution is 2.64. The summed E-state index contributed by atoms with van der Waals surface area (Å²) in [5, 5.41) is 12.5. The fourth-order valence-electron chi connectivity index (χ4n) is 7.00. The van der Waals surface area contributed by atoms with Crippen molar-refractivity contribution in [3.05, 3.63) is 134 Å². The second-order valence-electron chi connectivity index (χ2n) is 10.4. The minimum Gasteiger partial charge on any atom is -0.274 e. The summed E-state index contributed by atoms with van der Waals surface area (Å²) < 4.78 is 0. The molecule has 7 nitrogen and oxygen atoms in total. The number of nitro groups is 1. The monoisotopic (exact) mass is 547 g/mol. The van der Waals surface area contributed by atoms with E-state index in [0.717, 1.165) is 32.7 Å². The molecule has 4 aromatic rings. The summed E-state index contributed by atoms with van der Waals surface area (Å²) in [6.45, 7) is 1.88. The Balaban J connectivity index is 1.52. The summed E-state index contributed by atoms with van der Waals surface area (Å²) >= 11 is 6.40. The lowest BCUT2D eigenvalue weighted by Crippen LogP contribution is -2.54. The smallest absolute Gasteiger partial charge is 0.274 e. The van der Waals surface area contributed by atoms with Crippen LogP contribution in [0.5, 0.6) is 0 Å². The molecule has 8 heteroatoms. The highest BCUT2D eigenvalue weighted by atomic mass is 35.5. The van der Waals surface area contributed by atoms with E-state index in [9.17, 15) is 19.7 Å². The second kappa shape index (κ2) is 8.69. The van der Waals surface area contributed by atoms with Crippen LogP contribution in [0.15, 0.2) is 96.0 Å². The molecule has 0 aromatic heterocycles. The fraction of sp³-hybridized carbons (Fsp3) is 0.156. The maximum Gasteiger partial charge on any atom is 0.293 e. The Kier molecular flexibility index (Phi) is 5.31. The topological polar surface area (TPSA) is 92.9 Å². The zero-order chi connectivity index (χ0) is 27.8. The molecule has 0 N–H and O–H groups in total. The molecule has 4 aromatic carbocycles. The van der Waals surface area contributed by atoms with Gasteiger partial charge in [0.25, 0.3) is 5.69 Å². The SMILES string of the molecule is Cc1c(Cl)cccc1N=CC12c3ccccc3C(c3ccccc31)C1C(=O)N(c3ccccc3[N+](=O)[O-])C(=O)C12. The van der Waals surface area contributed by atoms with Gasteiger partial charge in [-0.15, -0.1) is 0 Å². The van der Waals surface area contributed by atoms with Gasteiger partial charge in [0.2, 0.25) is 11.8 Å². The third-order valence-corrected chi connectivity index (χ3v) is 9.06. The average Bonchev–Trinajstić information content (AvgIpc) is 3.24. The number of carbonyl (C=O) groups is 2. The van der Waals surface area contributed by atoms with Gasteiger partial charge in [0, 0.05) is 23.2 Å². The fourth-order valence-corrected chi connectivity index (χ4v) is 7.17. The first-order chi connectivity index (χ1) is 19.4. The first kappa shape index (κ1) is 24.4. The molecule has 2 atom stereocenters. The maximum atomic E-state index is 14.5. The van der Waals surface area contributed by atoms with Crippen molar-refractivity contribution in [1.29, 1.82) is 0 Å². The number of aliphatic imine (C=N–C) groups is 1. The van der Waals surface area contributed by atoms with Crippen LogP contribution in [-0.4, -0.2) is 23.0 Å². The summed E-state index contributed by atoms with van der Waals surface area (Å²) in [4.78, 5) is 46.0. The van der Waals surface area contributed by atoms with Gasteiger partial charge in [-0.2, -0.15) is 0 Å². The second-order valence-corrected chi connectivity index (χ2v) is 10.8. The van der Waals surface area contributed by atoms with Crippen molar-refractivity contribution in [3.63, 3.8) is 0 Å². The van der Waals surface area contributed by atoms with Crippen LogP contribution in [0.4, 0.5) is 17.1 Å². The summed E-state index contributed by atoms with van der Waals surface area (Å²) in [7, 11) is 0. The lowest BCUT2D eigenvalue weighted by atomic mass is 9.47. The normalized spacial score (nSPS) is 24.2.